The minimum Gasteiger partial charge on any atom is -0.472 e. The molecule has 0 aliphatic carbocycles. The molecule has 1 unspecified atom stereocenters. The van der Waals surface area contributed by atoms with Gasteiger partial charge in [0, 0.05) is 44.7 Å². The van der Waals surface area contributed by atoms with Gasteiger partial charge in [-0.25, -0.2) is 0 Å². The van der Waals surface area contributed by atoms with Crippen LogP contribution in [0, 0.1) is 5.92 Å². The van der Waals surface area contributed by atoms with Crippen molar-refractivity contribution in [3.8, 4) is 0 Å². The molecule has 1 aromatic heterocycles. The van der Waals surface area contributed by atoms with Gasteiger partial charge in [0.25, 0.3) is 5.91 Å². The minimum absolute atomic E-state index is 0.00102. The summed E-state index contributed by atoms with van der Waals surface area (Å²) >= 11 is 0. The van der Waals surface area contributed by atoms with Crippen molar-refractivity contribution in [3.63, 3.8) is 0 Å². The number of rotatable bonds is 7. The van der Waals surface area contributed by atoms with Crippen LogP contribution in [0.25, 0.3) is 0 Å². The molecule has 32 heavy (non-hydrogen) atoms. The van der Waals surface area contributed by atoms with Crippen molar-refractivity contribution in [2.75, 3.05) is 32.7 Å². The van der Waals surface area contributed by atoms with Gasteiger partial charge in [-0.1, -0.05) is 37.3 Å². The van der Waals surface area contributed by atoms with E-state index in [-0.39, 0.29) is 23.8 Å². The van der Waals surface area contributed by atoms with Crippen molar-refractivity contribution >= 4 is 11.8 Å². The zero-order valence-electron chi connectivity index (χ0n) is 19.1. The summed E-state index contributed by atoms with van der Waals surface area (Å²) in [7, 11) is 0. The highest BCUT2D eigenvalue weighted by molar-refractivity contribution is 5.94. The van der Waals surface area contributed by atoms with Crippen molar-refractivity contribution in [2.24, 2.45) is 5.92 Å². The van der Waals surface area contributed by atoms with Crippen LogP contribution in [-0.2, 0) is 11.3 Å². The Balaban J connectivity index is 1.34. The number of carbonyl (C=O) groups excluding carboxylic acids is 2. The molecule has 0 bridgehead atoms. The maximum Gasteiger partial charge on any atom is 0.257 e. The number of hydrogen-bond acceptors (Lipinski definition) is 4. The number of furan rings is 1. The van der Waals surface area contributed by atoms with Crippen molar-refractivity contribution in [1.29, 1.82) is 0 Å². The van der Waals surface area contributed by atoms with Gasteiger partial charge < -0.3 is 14.2 Å². The maximum atomic E-state index is 13.5. The van der Waals surface area contributed by atoms with E-state index in [0.717, 1.165) is 58.3 Å². The molecule has 2 aromatic rings. The summed E-state index contributed by atoms with van der Waals surface area (Å²) in [6, 6.07) is 12.6. The van der Waals surface area contributed by atoms with Crippen molar-refractivity contribution in [2.45, 2.75) is 51.6 Å². The van der Waals surface area contributed by atoms with Gasteiger partial charge in [0.2, 0.25) is 5.91 Å². The lowest BCUT2D eigenvalue weighted by Crippen LogP contribution is -2.53. The lowest BCUT2D eigenvalue weighted by molar-refractivity contribution is -0.140. The minimum atomic E-state index is -0.00102. The highest BCUT2D eigenvalue weighted by Gasteiger charge is 2.34. The summed E-state index contributed by atoms with van der Waals surface area (Å²) < 4.78 is 5.05. The first kappa shape index (κ1) is 22.6. The van der Waals surface area contributed by atoms with E-state index in [4.69, 9.17) is 4.42 Å². The number of hydrogen-bond donors (Lipinski definition) is 0. The SMILES string of the molecule is CCCN(C(=O)C1CCN(C(=O)c2ccoc2)CC1)C1CCCN(Cc2ccccc2)C1. The van der Waals surface area contributed by atoms with E-state index in [2.05, 4.69) is 47.1 Å². The summed E-state index contributed by atoms with van der Waals surface area (Å²) in [4.78, 5) is 32.6. The first-order valence-electron chi connectivity index (χ1n) is 12.0. The third kappa shape index (κ3) is 5.41. The number of nitrogens with zero attached hydrogens (tertiary/aromatic N) is 3. The number of amides is 2. The molecule has 1 aromatic carbocycles. The van der Waals surface area contributed by atoms with Gasteiger partial charge in [-0.3, -0.25) is 14.5 Å². The standard InChI is InChI=1S/C26H35N3O3/c1-2-13-29(24-9-6-14-27(19-24)18-21-7-4-3-5-8-21)26(31)22-10-15-28(16-11-22)25(30)23-12-17-32-20-23/h3-5,7-8,12,17,20,22,24H,2,6,9-11,13-16,18-19H2,1H3. The van der Waals surface area contributed by atoms with Gasteiger partial charge in [0.05, 0.1) is 11.8 Å². The fourth-order valence-electron chi connectivity index (χ4n) is 5.12. The van der Waals surface area contributed by atoms with Crippen molar-refractivity contribution in [3.05, 3.63) is 60.1 Å². The summed E-state index contributed by atoms with van der Waals surface area (Å²) in [5, 5.41) is 0. The molecular weight excluding hydrogens is 402 g/mol. The molecule has 3 heterocycles. The molecule has 0 N–H and O–H groups in total. The predicted molar refractivity (Wildman–Crippen MR) is 124 cm³/mol. The van der Waals surface area contributed by atoms with Crippen molar-refractivity contribution < 1.29 is 14.0 Å². The Morgan fingerprint density at radius 3 is 2.53 bits per heavy atom. The molecule has 0 saturated carbocycles. The second-order valence-electron chi connectivity index (χ2n) is 9.13. The number of benzene rings is 1. The first-order valence-corrected chi connectivity index (χ1v) is 12.0. The van der Waals surface area contributed by atoms with Crippen LogP contribution in [-0.4, -0.2) is 65.3 Å². The Labute approximate surface area is 191 Å². The average Bonchev–Trinajstić information content (AvgIpc) is 3.38. The smallest absolute Gasteiger partial charge is 0.257 e. The van der Waals surface area contributed by atoms with Crippen LogP contribution >= 0.6 is 0 Å². The van der Waals surface area contributed by atoms with Gasteiger partial charge in [-0.05, 0) is 50.3 Å². The number of likely N-dealkylation sites (tertiary alicyclic amines) is 2. The molecule has 172 valence electrons. The molecule has 0 spiro atoms. The van der Waals surface area contributed by atoms with E-state index >= 15 is 0 Å². The second kappa shape index (κ2) is 10.8. The van der Waals surface area contributed by atoms with Gasteiger partial charge in [0.1, 0.15) is 6.26 Å². The summed E-state index contributed by atoms with van der Waals surface area (Å²) in [6.07, 6.45) is 7.67. The van der Waals surface area contributed by atoms with E-state index in [9.17, 15) is 9.59 Å². The topological polar surface area (TPSA) is 57.0 Å². The molecule has 0 radical (unpaired) electrons. The van der Waals surface area contributed by atoms with Crippen LogP contribution < -0.4 is 0 Å². The zero-order valence-corrected chi connectivity index (χ0v) is 19.1. The molecule has 2 fully saturated rings. The van der Waals surface area contributed by atoms with Crippen LogP contribution in [0.5, 0.6) is 0 Å². The number of carbonyl (C=O) groups is 2. The fraction of sp³-hybridized carbons (Fsp3) is 0.538. The van der Waals surface area contributed by atoms with E-state index in [1.165, 1.54) is 18.1 Å². The first-order chi connectivity index (χ1) is 15.7. The van der Waals surface area contributed by atoms with Crippen LogP contribution in [0.1, 0.15) is 54.9 Å². The molecule has 6 nitrogen and oxygen atoms in total. The highest BCUT2D eigenvalue weighted by Crippen LogP contribution is 2.25. The number of piperidine rings is 2. The Hall–Kier alpha value is -2.60. The van der Waals surface area contributed by atoms with Gasteiger partial charge in [-0.15, -0.1) is 0 Å². The van der Waals surface area contributed by atoms with Gasteiger partial charge in [0.15, 0.2) is 0 Å². The third-order valence-corrected chi connectivity index (χ3v) is 6.82. The summed E-state index contributed by atoms with van der Waals surface area (Å²) in [5.74, 6) is 0.298. The lowest BCUT2D eigenvalue weighted by atomic mass is 9.93. The van der Waals surface area contributed by atoms with Gasteiger partial charge in [-0.2, -0.15) is 0 Å². The highest BCUT2D eigenvalue weighted by atomic mass is 16.3. The normalized spacial score (nSPS) is 20.3. The summed E-state index contributed by atoms with van der Waals surface area (Å²) in [6.45, 7) is 7.21. The van der Waals surface area contributed by atoms with Crippen molar-refractivity contribution in [1.82, 2.24) is 14.7 Å². The predicted octanol–water partition coefficient (Wildman–Crippen LogP) is 4.04. The fourth-order valence-corrected chi connectivity index (χ4v) is 5.12. The van der Waals surface area contributed by atoms with Crippen LogP contribution in [0.3, 0.4) is 0 Å². The van der Waals surface area contributed by atoms with Gasteiger partial charge >= 0.3 is 0 Å². The Morgan fingerprint density at radius 1 is 1.06 bits per heavy atom. The van der Waals surface area contributed by atoms with E-state index < -0.39 is 0 Å². The van der Waals surface area contributed by atoms with Crippen LogP contribution in [0.2, 0.25) is 0 Å². The molecule has 2 amide bonds. The monoisotopic (exact) mass is 437 g/mol. The molecule has 6 heteroatoms. The molecule has 4 rings (SSSR count). The molecule has 2 aliphatic heterocycles. The van der Waals surface area contributed by atoms with E-state index in [1.807, 2.05) is 4.90 Å². The molecular formula is C26H35N3O3. The Morgan fingerprint density at radius 2 is 1.84 bits per heavy atom. The summed E-state index contributed by atoms with van der Waals surface area (Å²) in [5.41, 5.74) is 1.92. The Bertz CT molecular complexity index is 860. The van der Waals surface area contributed by atoms with E-state index in [1.54, 1.807) is 6.07 Å². The van der Waals surface area contributed by atoms with Crippen LogP contribution in [0.4, 0.5) is 0 Å². The Kier molecular flexibility index (Phi) is 7.63. The van der Waals surface area contributed by atoms with Crippen LogP contribution in [0.15, 0.2) is 53.3 Å². The largest absolute Gasteiger partial charge is 0.472 e. The molecule has 2 saturated heterocycles. The third-order valence-electron chi connectivity index (χ3n) is 6.82. The second-order valence-corrected chi connectivity index (χ2v) is 9.13. The molecule has 1 atom stereocenters. The average molecular weight is 438 g/mol. The quantitative estimate of drug-likeness (QED) is 0.656. The lowest BCUT2D eigenvalue weighted by Gasteiger charge is -2.42. The van der Waals surface area contributed by atoms with E-state index in [0.29, 0.717) is 18.7 Å². The molecule has 2 aliphatic rings. The maximum absolute atomic E-state index is 13.5. The zero-order chi connectivity index (χ0) is 22.3.